The molecule has 0 saturated carbocycles. The number of fused-ring (bicyclic) bond motifs is 1. The van der Waals surface area contributed by atoms with Crippen LogP contribution in [-0.4, -0.2) is 17.5 Å². The zero-order valence-electron chi connectivity index (χ0n) is 13.3. The van der Waals surface area contributed by atoms with Crippen molar-refractivity contribution in [2.75, 3.05) is 12.2 Å². The van der Waals surface area contributed by atoms with Gasteiger partial charge in [-0.1, -0.05) is 12.1 Å². The van der Waals surface area contributed by atoms with E-state index in [0.29, 0.717) is 22.2 Å². The predicted molar refractivity (Wildman–Crippen MR) is 95.8 cm³/mol. The lowest BCUT2D eigenvalue weighted by Gasteiger charge is -2.01. The fourth-order valence-corrected chi connectivity index (χ4v) is 3.13. The van der Waals surface area contributed by atoms with Crippen molar-refractivity contribution in [3.63, 3.8) is 0 Å². The van der Waals surface area contributed by atoms with E-state index in [1.54, 1.807) is 12.1 Å². The first-order valence-corrected chi connectivity index (χ1v) is 8.47. The number of thiazole rings is 1. The summed E-state index contributed by atoms with van der Waals surface area (Å²) in [6.07, 6.45) is 0. The number of hydrogen-bond acceptors (Lipinski definition) is 7. The highest BCUT2D eigenvalue weighted by Crippen LogP contribution is 2.36. The minimum Gasteiger partial charge on any atom is -0.454 e. The van der Waals surface area contributed by atoms with Gasteiger partial charge in [0.25, 0.3) is 0 Å². The molecule has 0 spiro atoms. The van der Waals surface area contributed by atoms with Gasteiger partial charge in [0.15, 0.2) is 22.2 Å². The van der Waals surface area contributed by atoms with Crippen LogP contribution in [-0.2, 0) is 0 Å². The van der Waals surface area contributed by atoms with E-state index in [0.717, 1.165) is 5.56 Å². The van der Waals surface area contributed by atoms with Crippen molar-refractivity contribution in [1.29, 1.82) is 5.26 Å². The van der Waals surface area contributed by atoms with Crippen molar-refractivity contribution in [2.24, 2.45) is 5.10 Å². The summed E-state index contributed by atoms with van der Waals surface area (Å²) in [5.74, 6) is 0.902. The molecule has 0 radical (unpaired) electrons. The normalized spacial score (nSPS) is 12.7. The molecule has 0 amide bonds. The quantitative estimate of drug-likeness (QED) is 0.557. The molecule has 6 nitrogen and oxygen atoms in total. The fraction of sp³-hybridized carbons (Fsp3) is 0.0556. The van der Waals surface area contributed by atoms with Crippen molar-refractivity contribution < 1.29 is 13.9 Å². The molecular formula is C18H11FN4O2S. The van der Waals surface area contributed by atoms with Crippen LogP contribution in [0, 0.1) is 17.1 Å². The molecule has 0 saturated heterocycles. The van der Waals surface area contributed by atoms with E-state index in [9.17, 15) is 9.65 Å². The largest absolute Gasteiger partial charge is 0.454 e. The number of nitriles is 1. The molecule has 1 aliphatic rings. The maximum atomic E-state index is 13.6. The van der Waals surface area contributed by atoms with Crippen molar-refractivity contribution in [3.8, 4) is 28.8 Å². The predicted octanol–water partition coefficient (Wildman–Crippen LogP) is 4.02. The first-order valence-electron chi connectivity index (χ1n) is 7.59. The van der Waals surface area contributed by atoms with Crippen LogP contribution < -0.4 is 14.9 Å². The average Bonchev–Trinajstić information content (AvgIpc) is 3.32. The number of halogens is 1. The van der Waals surface area contributed by atoms with Gasteiger partial charge in [0.2, 0.25) is 6.79 Å². The summed E-state index contributed by atoms with van der Waals surface area (Å²) in [5, 5.41) is 15.6. The Balaban J connectivity index is 1.59. The molecule has 1 aliphatic heterocycles. The van der Waals surface area contributed by atoms with Crippen molar-refractivity contribution in [3.05, 3.63) is 58.7 Å². The molecule has 0 atom stereocenters. The van der Waals surface area contributed by atoms with Crippen LogP contribution in [0.2, 0.25) is 0 Å². The van der Waals surface area contributed by atoms with Gasteiger partial charge in [-0.25, -0.2) is 9.37 Å². The van der Waals surface area contributed by atoms with E-state index < -0.39 is 5.82 Å². The van der Waals surface area contributed by atoms with Gasteiger partial charge < -0.3 is 9.47 Å². The van der Waals surface area contributed by atoms with Crippen LogP contribution in [0.5, 0.6) is 11.5 Å². The summed E-state index contributed by atoms with van der Waals surface area (Å²) in [6.45, 7) is 0.202. The molecule has 26 heavy (non-hydrogen) atoms. The van der Waals surface area contributed by atoms with Crippen LogP contribution in [0.25, 0.3) is 11.3 Å². The Morgan fingerprint density at radius 3 is 2.92 bits per heavy atom. The van der Waals surface area contributed by atoms with Gasteiger partial charge in [0, 0.05) is 10.9 Å². The zero-order chi connectivity index (χ0) is 17.9. The van der Waals surface area contributed by atoms with Gasteiger partial charge in [-0.3, -0.25) is 5.43 Å². The van der Waals surface area contributed by atoms with Gasteiger partial charge in [0.05, 0.1) is 11.4 Å². The SMILES string of the molecule is N#C/C(=N/Nc1ccccc1F)c1nc(-c2ccc3c(c2)OCO3)cs1. The minimum absolute atomic E-state index is 0.0743. The summed E-state index contributed by atoms with van der Waals surface area (Å²) in [5.41, 5.74) is 4.36. The van der Waals surface area contributed by atoms with E-state index in [1.165, 1.54) is 23.5 Å². The lowest BCUT2D eigenvalue weighted by atomic mass is 10.1. The Morgan fingerprint density at radius 1 is 1.23 bits per heavy atom. The average molecular weight is 366 g/mol. The summed E-state index contributed by atoms with van der Waals surface area (Å²) in [4.78, 5) is 4.45. The highest BCUT2D eigenvalue weighted by Gasteiger charge is 2.16. The Hall–Kier alpha value is -3.44. The number of aromatic nitrogens is 1. The number of para-hydroxylation sites is 1. The Labute approximate surface area is 152 Å². The van der Waals surface area contributed by atoms with E-state index in [2.05, 4.69) is 15.5 Å². The Morgan fingerprint density at radius 2 is 2.08 bits per heavy atom. The van der Waals surface area contributed by atoms with Crippen LogP contribution in [0.1, 0.15) is 5.01 Å². The highest BCUT2D eigenvalue weighted by atomic mass is 32.1. The maximum Gasteiger partial charge on any atom is 0.231 e. The summed E-state index contributed by atoms with van der Waals surface area (Å²) in [6, 6.07) is 13.6. The maximum absolute atomic E-state index is 13.6. The zero-order valence-corrected chi connectivity index (χ0v) is 14.1. The number of hydrogen-bond donors (Lipinski definition) is 1. The van der Waals surface area contributed by atoms with E-state index in [4.69, 9.17) is 9.47 Å². The molecule has 2 heterocycles. The van der Waals surface area contributed by atoms with Crippen molar-refractivity contribution in [1.82, 2.24) is 4.98 Å². The molecule has 0 aliphatic carbocycles. The monoisotopic (exact) mass is 366 g/mol. The third-order valence-corrected chi connectivity index (χ3v) is 4.49. The van der Waals surface area contributed by atoms with E-state index in [1.807, 2.05) is 29.6 Å². The summed E-state index contributed by atoms with van der Waals surface area (Å²) < 4.78 is 24.3. The van der Waals surface area contributed by atoms with E-state index >= 15 is 0 Å². The standard InChI is InChI=1S/C18H11FN4O2S/c19-12-3-1-2-4-13(12)22-23-14(8-20)18-21-15(9-26-18)11-5-6-16-17(7-11)25-10-24-16/h1-7,9,22H,10H2/b23-14-. The van der Waals surface area contributed by atoms with Gasteiger partial charge in [-0.15, -0.1) is 11.3 Å². The molecule has 1 N–H and O–H groups in total. The second-order valence-corrected chi connectivity index (χ2v) is 6.13. The molecule has 0 unspecified atom stereocenters. The third-order valence-electron chi connectivity index (χ3n) is 3.64. The number of nitrogens with zero attached hydrogens (tertiary/aromatic N) is 3. The number of hydrazone groups is 1. The summed E-state index contributed by atoms with van der Waals surface area (Å²) in [7, 11) is 0. The van der Waals surface area contributed by atoms with Crippen LogP contribution >= 0.6 is 11.3 Å². The van der Waals surface area contributed by atoms with Gasteiger partial charge >= 0.3 is 0 Å². The number of anilines is 1. The Bertz CT molecular complexity index is 1040. The molecule has 0 bridgehead atoms. The summed E-state index contributed by atoms with van der Waals surface area (Å²) >= 11 is 1.28. The fourth-order valence-electron chi connectivity index (χ4n) is 2.36. The lowest BCUT2D eigenvalue weighted by molar-refractivity contribution is 0.174. The molecule has 0 fully saturated rings. The molecule has 1 aromatic heterocycles. The highest BCUT2D eigenvalue weighted by molar-refractivity contribution is 7.12. The Kier molecular flexibility index (Phi) is 4.21. The smallest absolute Gasteiger partial charge is 0.231 e. The van der Waals surface area contributed by atoms with Crippen LogP contribution in [0.4, 0.5) is 10.1 Å². The van der Waals surface area contributed by atoms with Crippen molar-refractivity contribution in [2.45, 2.75) is 0 Å². The molecule has 8 heteroatoms. The molecular weight excluding hydrogens is 355 g/mol. The van der Waals surface area contributed by atoms with Crippen molar-refractivity contribution >= 4 is 22.7 Å². The van der Waals surface area contributed by atoms with Crippen LogP contribution in [0.3, 0.4) is 0 Å². The third kappa shape index (κ3) is 3.08. The molecule has 3 aromatic rings. The second kappa shape index (κ2) is 6.82. The number of ether oxygens (including phenoxy) is 2. The topological polar surface area (TPSA) is 79.5 Å². The number of nitrogens with one attached hydrogen (secondary N) is 1. The minimum atomic E-state index is -0.450. The first-order chi connectivity index (χ1) is 12.7. The molecule has 4 rings (SSSR count). The van der Waals surface area contributed by atoms with Gasteiger partial charge in [-0.2, -0.15) is 10.4 Å². The number of benzene rings is 2. The second-order valence-electron chi connectivity index (χ2n) is 5.27. The van der Waals surface area contributed by atoms with Gasteiger partial charge in [-0.05, 0) is 30.3 Å². The molecule has 128 valence electrons. The lowest BCUT2D eigenvalue weighted by Crippen LogP contribution is -2.02. The molecule has 2 aromatic carbocycles. The van der Waals surface area contributed by atoms with E-state index in [-0.39, 0.29) is 18.2 Å². The number of rotatable bonds is 4. The van der Waals surface area contributed by atoms with Crippen LogP contribution in [0.15, 0.2) is 52.9 Å². The van der Waals surface area contributed by atoms with Gasteiger partial charge in [0.1, 0.15) is 11.9 Å². The first kappa shape index (κ1) is 16.1.